The van der Waals surface area contributed by atoms with Crippen molar-refractivity contribution < 1.29 is 29.0 Å². The Kier molecular flexibility index (Phi) is 9.96. The van der Waals surface area contributed by atoms with Crippen LogP contribution in [0.2, 0.25) is 0 Å². The summed E-state index contributed by atoms with van der Waals surface area (Å²) in [5.74, 6) is -2.94. The first-order chi connectivity index (χ1) is 10.3. The summed E-state index contributed by atoms with van der Waals surface area (Å²) >= 11 is 3.92. The van der Waals surface area contributed by atoms with Crippen LogP contribution in [0.25, 0.3) is 0 Å². The zero-order chi connectivity index (χ0) is 17.1. The van der Waals surface area contributed by atoms with E-state index in [1.807, 2.05) is 0 Å². The third kappa shape index (κ3) is 8.47. The predicted molar refractivity (Wildman–Crippen MR) is 80.3 cm³/mol. The maximum absolute atomic E-state index is 11.7. The highest BCUT2D eigenvalue weighted by molar-refractivity contribution is 7.80. The van der Waals surface area contributed by atoms with Gasteiger partial charge in [0.25, 0.3) is 0 Å². The van der Waals surface area contributed by atoms with Crippen LogP contribution in [-0.4, -0.2) is 59.8 Å². The largest absolute Gasteiger partial charge is 0.480 e. The Labute approximate surface area is 133 Å². The molecule has 0 fully saturated rings. The number of carbonyl (C=O) groups is 4. The van der Waals surface area contributed by atoms with Gasteiger partial charge < -0.3 is 26.2 Å². The second kappa shape index (κ2) is 10.9. The minimum Gasteiger partial charge on any atom is -0.480 e. The fourth-order valence-corrected chi connectivity index (χ4v) is 1.66. The molecule has 0 aliphatic heterocycles. The van der Waals surface area contributed by atoms with Crippen LogP contribution >= 0.6 is 12.6 Å². The zero-order valence-corrected chi connectivity index (χ0v) is 13.1. The third-order valence-electron chi connectivity index (χ3n) is 2.52. The van der Waals surface area contributed by atoms with Crippen LogP contribution in [0.4, 0.5) is 0 Å². The molecule has 0 bridgehead atoms. The standard InChI is InChI=1S/C12H21N3O6S/c1-2-21-12(20)7(13)3-4-9(16)15-8(6-22)11(19)14-5-10(17)18/h7-8,22H,2-6,13H2,1H3,(H,14,19)(H,15,16)(H,17,18)/t7-,8-/m0/s1. The smallest absolute Gasteiger partial charge is 0.322 e. The fourth-order valence-electron chi connectivity index (χ4n) is 1.40. The van der Waals surface area contributed by atoms with E-state index in [1.54, 1.807) is 6.92 Å². The molecule has 0 aliphatic carbocycles. The highest BCUT2D eigenvalue weighted by Crippen LogP contribution is 1.99. The van der Waals surface area contributed by atoms with Crippen molar-refractivity contribution in [2.24, 2.45) is 5.73 Å². The summed E-state index contributed by atoms with van der Waals surface area (Å²) in [5, 5.41) is 13.0. The van der Waals surface area contributed by atoms with Crippen molar-refractivity contribution in [2.45, 2.75) is 31.8 Å². The lowest BCUT2D eigenvalue weighted by atomic mass is 10.1. The SMILES string of the molecule is CCOC(=O)[C@@H](N)CCC(=O)N[C@@H](CS)C(=O)NCC(=O)O. The summed E-state index contributed by atoms with van der Waals surface area (Å²) in [4.78, 5) is 44.9. The number of nitrogens with two attached hydrogens (primary N) is 1. The number of amides is 2. The molecule has 0 aliphatic rings. The Morgan fingerprint density at radius 3 is 2.45 bits per heavy atom. The first-order valence-electron chi connectivity index (χ1n) is 6.63. The fraction of sp³-hybridized carbons (Fsp3) is 0.667. The van der Waals surface area contributed by atoms with E-state index in [9.17, 15) is 19.2 Å². The molecule has 2 atom stereocenters. The quantitative estimate of drug-likeness (QED) is 0.235. The van der Waals surface area contributed by atoms with Gasteiger partial charge in [-0.1, -0.05) is 0 Å². The molecule has 0 heterocycles. The van der Waals surface area contributed by atoms with Crippen LogP contribution < -0.4 is 16.4 Å². The van der Waals surface area contributed by atoms with Gasteiger partial charge in [-0.25, -0.2) is 0 Å². The monoisotopic (exact) mass is 335 g/mol. The van der Waals surface area contributed by atoms with Crippen molar-refractivity contribution in [3.05, 3.63) is 0 Å². The first kappa shape index (κ1) is 20.2. The molecule has 5 N–H and O–H groups in total. The van der Waals surface area contributed by atoms with E-state index in [2.05, 4.69) is 23.3 Å². The number of rotatable bonds is 10. The van der Waals surface area contributed by atoms with Crippen LogP contribution in [0.3, 0.4) is 0 Å². The van der Waals surface area contributed by atoms with Gasteiger partial charge in [-0.2, -0.15) is 12.6 Å². The number of hydrogen-bond acceptors (Lipinski definition) is 7. The molecule has 126 valence electrons. The molecular weight excluding hydrogens is 314 g/mol. The highest BCUT2D eigenvalue weighted by atomic mass is 32.1. The van der Waals surface area contributed by atoms with Gasteiger partial charge in [-0.05, 0) is 13.3 Å². The van der Waals surface area contributed by atoms with Gasteiger partial charge in [0.1, 0.15) is 18.6 Å². The first-order valence-corrected chi connectivity index (χ1v) is 7.27. The van der Waals surface area contributed by atoms with Crippen molar-refractivity contribution in [1.29, 1.82) is 0 Å². The lowest BCUT2D eigenvalue weighted by Gasteiger charge is -2.16. The van der Waals surface area contributed by atoms with E-state index in [0.717, 1.165) is 0 Å². The van der Waals surface area contributed by atoms with Crippen LogP contribution in [0.15, 0.2) is 0 Å². The maximum Gasteiger partial charge on any atom is 0.322 e. The summed E-state index contributed by atoms with van der Waals surface area (Å²) in [7, 11) is 0. The van der Waals surface area contributed by atoms with Gasteiger partial charge in [0.2, 0.25) is 11.8 Å². The normalized spacial score (nSPS) is 12.9. The van der Waals surface area contributed by atoms with Gasteiger partial charge in [-0.3, -0.25) is 19.2 Å². The zero-order valence-electron chi connectivity index (χ0n) is 12.2. The van der Waals surface area contributed by atoms with Crippen molar-refractivity contribution in [3.63, 3.8) is 0 Å². The van der Waals surface area contributed by atoms with Crippen molar-refractivity contribution in [1.82, 2.24) is 10.6 Å². The second-order valence-corrected chi connectivity index (χ2v) is 4.68. The summed E-state index contributed by atoms with van der Waals surface area (Å²) in [6, 6.07) is -1.88. The van der Waals surface area contributed by atoms with Gasteiger partial charge in [-0.15, -0.1) is 0 Å². The second-order valence-electron chi connectivity index (χ2n) is 4.31. The molecule has 0 unspecified atom stereocenters. The Balaban J connectivity index is 4.23. The molecular formula is C12H21N3O6S. The predicted octanol–water partition coefficient (Wildman–Crippen LogP) is -1.73. The molecule has 0 radical (unpaired) electrons. The molecule has 0 aromatic carbocycles. The molecule has 0 aromatic rings. The minimum absolute atomic E-state index is 0.00111. The van der Waals surface area contributed by atoms with Crippen molar-refractivity contribution in [2.75, 3.05) is 18.9 Å². The average molecular weight is 335 g/mol. The Bertz CT molecular complexity index is 418. The van der Waals surface area contributed by atoms with E-state index in [-0.39, 0.29) is 25.2 Å². The maximum atomic E-state index is 11.7. The lowest BCUT2D eigenvalue weighted by Crippen LogP contribution is -2.49. The summed E-state index contributed by atoms with van der Waals surface area (Å²) in [6.45, 7) is 1.29. The van der Waals surface area contributed by atoms with Crippen molar-refractivity contribution in [3.8, 4) is 0 Å². The van der Waals surface area contributed by atoms with Gasteiger partial charge in [0, 0.05) is 12.2 Å². The number of ether oxygens (including phenoxy) is 1. The summed E-state index contributed by atoms with van der Waals surface area (Å²) in [6.07, 6.45) is -0.00281. The van der Waals surface area contributed by atoms with E-state index >= 15 is 0 Å². The molecule has 0 saturated carbocycles. The average Bonchev–Trinajstić information content (AvgIpc) is 2.47. The van der Waals surface area contributed by atoms with Crippen LogP contribution in [0.5, 0.6) is 0 Å². The molecule has 0 aromatic heterocycles. The number of aliphatic carboxylic acids is 1. The van der Waals surface area contributed by atoms with E-state index in [1.165, 1.54) is 0 Å². The Morgan fingerprint density at radius 1 is 1.32 bits per heavy atom. The topological polar surface area (TPSA) is 148 Å². The molecule has 22 heavy (non-hydrogen) atoms. The van der Waals surface area contributed by atoms with Crippen molar-refractivity contribution >= 4 is 36.4 Å². The number of carboxylic acids is 1. The van der Waals surface area contributed by atoms with Crippen LogP contribution in [0, 0.1) is 0 Å². The van der Waals surface area contributed by atoms with Crippen LogP contribution in [-0.2, 0) is 23.9 Å². The molecule has 2 amide bonds. The summed E-state index contributed by atoms with van der Waals surface area (Å²) < 4.78 is 4.70. The number of esters is 1. The number of hydrogen-bond donors (Lipinski definition) is 5. The molecule has 0 spiro atoms. The van der Waals surface area contributed by atoms with Gasteiger partial charge in [0.15, 0.2) is 0 Å². The van der Waals surface area contributed by atoms with E-state index in [4.69, 9.17) is 15.6 Å². The molecule has 0 saturated heterocycles. The lowest BCUT2D eigenvalue weighted by molar-refractivity contribution is -0.145. The minimum atomic E-state index is -1.20. The van der Waals surface area contributed by atoms with Gasteiger partial charge >= 0.3 is 11.9 Å². The molecule has 9 nitrogen and oxygen atoms in total. The molecule has 10 heteroatoms. The highest BCUT2D eigenvalue weighted by Gasteiger charge is 2.21. The number of carboxylic acid groups (broad SMARTS) is 1. The number of nitrogens with one attached hydrogen (secondary N) is 2. The number of carbonyl (C=O) groups excluding carboxylic acids is 3. The molecule has 0 rings (SSSR count). The van der Waals surface area contributed by atoms with Gasteiger partial charge in [0.05, 0.1) is 6.61 Å². The van der Waals surface area contributed by atoms with Crippen LogP contribution in [0.1, 0.15) is 19.8 Å². The number of thiol groups is 1. The van der Waals surface area contributed by atoms with E-state index < -0.39 is 42.4 Å². The summed E-state index contributed by atoms with van der Waals surface area (Å²) in [5.41, 5.74) is 5.54. The third-order valence-corrected chi connectivity index (χ3v) is 2.89. The van der Waals surface area contributed by atoms with E-state index in [0.29, 0.717) is 0 Å². The Hall–Kier alpha value is -1.81. The Morgan fingerprint density at radius 2 is 1.95 bits per heavy atom.